The monoisotopic (exact) mass is 884 g/mol. The molecule has 0 saturated carbocycles. The second kappa shape index (κ2) is 14.2. The van der Waals surface area contributed by atoms with E-state index in [-0.39, 0.29) is 0 Å². The van der Waals surface area contributed by atoms with Crippen LogP contribution in [-0.4, -0.2) is 9.38 Å². The minimum atomic E-state index is 1.00. The second-order valence-electron chi connectivity index (χ2n) is 17.8. The molecule has 0 fully saturated rings. The maximum atomic E-state index is 5.48. The maximum Gasteiger partial charge on any atom is 0.156 e. The summed E-state index contributed by atoms with van der Waals surface area (Å²) in [5.41, 5.74) is 12.8. The van der Waals surface area contributed by atoms with Crippen molar-refractivity contribution in [2.75, 3.05) is 0 Å². The average molecular weight is 885 g/mol. The van der Waals surface area contributed by atoms with Crippen molar-refractivity contribution in [1.29, 1.82) is 0 Å². The van der Waals surface area contributed by atoms with Gasteiger partial charge < -0.3 is 0 Å². The molecule has 0 N–H and O–H groups in total. The summed E-state index contributed by atoms with van der Waals surface area (Å²) in [6.45, 7) is 0. The van der Waals surface area contributed by atoms with Crippen molar-refractivity contribution in [2.45, 2.75) is 0 Å². The molecule has 4 heteroatoms. The zero-order chi connectivity index (χ0) is 43.7. The summed E-state index contributed by atoms with van der Waals surface area (Å²) in [6.07, 6.45) is 0. The molecule has 310 valence electrons. The molecule has 0 aliphatic rings. The standard InChI is InChI=1S/C63H36N2S2/c1-2-12-43-33-45-35-58-56(34-44(45)32-42(43)11-1)64-63-62-55(54-29-28-37-10-3-4-13-48(37)61(54)67-62)36-57(65(58)63)41-26-24-39(25-27-41)47-31-30-46(50-14-5-6-15-51(47)50)38-20-22-40(23-21-38)49-17-9-18-53-52-16-7-8-19-59(52)66-60(49)53/h1-36H. The lowest BCUT2D eigenvalue weighted by molar-refractivity contribution is 1.25. The lowest BCUT2D eigenvalue weighted by Crippen LogP contribution is -1.93. The molecule has 0 unspecified atom stereocenters. The second-order valence-corrected chi connectivity index (χ2v) is 19.9. The van der Waals surface area contributed by atoms with Crippen LogP contribution in [0.5, 0.6) is 0 Å². The third kappa shape index (κ3) is 5.58. The summed E-state index contributed by atoms with van der Waals surface area (Å²) >= 11 is 3.75. The number of benzene rings is 11. The summed E-state index contributed by atoms with van der Waals surface area (Å²) in [5, 5.41) is 15.1. The highest BCUT2D eigenvalue weighted by atomic mass is 32.1. The van der Waals surface area contributed by atoms with Crippen LogP contribution in [-0.2, 0) is 0 Å². The largest absolute Gasteiger partial charge is 0.291 e. The average Bonchev–Trinajstić information content (AvgIpc) is 4.09. The van der Waals surface area contributed by atoms with Gasteiger partial charge in [0.15, 0.2) is 5.65 Å². The number of imidazole rings is 1. The van der Waals surface area contributed by atoms with E-state index >= 15 is 0 Å². The molecule has 67 heavy (non-hydrogen) atoms. The van der Waals surface area contributed by atoms with E-state index in [9.17, 15) is 0 Å². The Bertz CT molecular complexity index is 4550. The topological polar surface area (TPSA) is 17.3 Å². The number of aromatic nitrogens is 2. The molecule has 0 saturated heterocycles. The van der Waals surface area contributed by atoms with E-state index in [1.54, 1.807) is 0 Å². The molecular formula is C63H36N2S2. The summed E-state index contributed by atoms with van der Waals surface area (Å²) in [6, 6.07) is 80.9. The van der Waals surface area contributed by atoms with Crippen molar-refractivity contribution < 1.29 is 0 Å². The first-order chi connectivity index (χ1) is 33.2. The smallest absolute Gasteiger partial charge is 0.156 e. The van der Waals surface area contributed by atoms with Crippen LogP contribution in [0, 0.1) is 0 Å². The Balaban J connectivity index is 0.861. The van der Waals surface area contributed by atoms with Crippen LogP contribution < -0.4 is 0 Å². The molecule has 11 aromatic carbocycles. The summed E-state index contributed by atoms with van der Waals surface area (Å²) in [5.74, 6) is 0. The Hall–Kier alpha value is -8.15. The van der Waals surface area contributed by atoms with Gasteiger partial charge in [-0.2, -0.15) is 0 Å². The highest BCUT2D eigenvalue weighted by molar-refractivity contribution is 7.27. The van der Waals surface area contributed by atoms with E-state index in [0.717, 1.165) is 27.9 Å². The molecule has 15 aromatic rings. The Kier molecular flexibility index (Phi) is 7.85. The van der Waals surface area contributed by atoms with Gasteiger partial charge in [-0.3, -0.25) is 4.40 Å². The molecular weight excluding hydrogens is 849 g/mol. The van der Waals surface area contributed by atoms with Crippen LogP contribution in [0.3, 0.4) is 0 Å². The van der Waals surface area contributed by atoms with E-state index in [1.165, 1.54) is 117 Å². The number of thiophene rings is 2. The van der Waals surface area contributed by atoms with Crippen LogP contribution in [0.25, 0.3) is 145 Å². The summed E-state index contributed by atoms with van der Waals surface area (Å²) in [4.78, 5) is 5.48. The molecule has 0 bridgehead atoms. The van der Waals surface area contributed by atoms with Gasteiger partial charge in [-0.1, -0.05) is 182 Å². The number of hydrogen-bond donors (Lipinski definition) is 0. The van der Waals surface area contributed by atoms with Crippen molar-refractivity contribution in [1.82, 2.24) is 9.38 Å². The summed E-state index contributed by atoms with van der Waals surface area (Å²) < 4.78 is 7.61. The van der Waals surface area contributed by atoms with Gasteiger partial charge in [0, 0.05) is 35.6 Å². The highest BCUT2D eigenvalue weighted by Crippen LogP contribution is 2.45. The van der Waals surface area contributed by atoms with Crippen molar-refractivity contribution in [3.05, 3.63) is 218 Å². The van der Waals surface area contributed by atoms with Crippen LogP contribution >= 0.6 is 22.7 Å². The van der Waals surface area contributed by atoms with Crippen LogP contribution in [0.1, 0.15) is 0 Å². The Morgan fingerprint density at radius 2 is 0.881 bits per heavy atom. The van der Waals surface area contributed by atoms with Gasteiger partial charge in [-0.15, -0.1) is 22.7 Å². The fraction of sp³-hybridized carbons (Fsp3) is 0. The molecule has 0 atom stereocenters. The first kappa shape index (κ1) is 37.1. The number of rotatable bonds is 4. The van der Waals surface area contributed by atoms with Gasteiger partial charge in [-0.05, 0) is 118 Å². The minimum absolute atomic E-state index is 1.00. The van der Waals surface area contributed by atoms with Crippen molar-refractivity contribution in [2.24, 2.45) is 0 Å². The first-order valence-electron chi connectivity index (χ1n) is 22.8. The quantitative estimate of drug-likeness (QED) is 0.161. The third-order valence-corrected chi connectivity index (χ3v) is 16.6. The molecule has 4 aromatic heterocycles. The van der Waals surface area contributed by atoms with Gasteiger partial charge in [-0.25, -0.2) is 4.98 Å². The Labute approximate surface area is 392 Å². The highest BCUT2D eigenvalue weighted by Gasteiger charge is 2.20. The zero-order valence-electron chi connectivity index (χ0n) is 36.0. The molecule has 0 aliphatic heterocycles. The van der Waals surface area contributed by atoms with E-state index < -0.39 is 0 Å². The maximum absolute atomic E-state index is 5.48. The lowest BCUT2D eigenvalue weighted by Gasteiger charge is -2.14. The van der Waals surface area contributed by atoms with Gasteiger partial charge >= 0.3 is 0 Å². The number of pyridine rings is 1. The van der Waals surface area contributed by atoms with Crippen LogP contribution in [0.2, 0.25) is 0 Å². The molecule has 2 nitrogen and oxygen atoms in total. The SMILES string of the molecule is c1ccc2cc3cc4c(cc3cc2c1)nc1c2sc3c5ccccc5ccc3c2cc(-c2ccc(-c3ccc(-c5ccc(-c6cccc7c6sc6ccccc67)cc5)c5ccccc35)cc2)n41. The molecule has 0 amide bonds. The van der Waals surface area contributed by atoms with E-state index in [0.29, 0.717) is 0 Å². The third-order valence-electron chi connectivity index (χ3n) is 14.1. The van der Waals surface area contributed by atoms with Gasteiger partial charge in [0.25, 0.3) is 0 Å². The fourth-order valence-corrected chi connectivity index (χ4v) is 13.4. The minimum Gasteiger partial charge on any atom is -0.291 e. The lowest BCUT2D eigenvalue weighted by atomic mass is 9.91. The van der Waals surface area contributed by atoms with Crippen LogP contribution in [0.4, 0.5) is 0 Å². The van der Waals surface area contributed by atoms with E-state index in [1.807, 2.05) is 22.7 Å². The molecule has 0 spiro atoms. The molecule has 0 radical (unpaired) electrons. The fourth-order valence-electron chi connectivity index (χ4n) is 10.9. The first-order valence-corrected chi connectivity index (χ1v) is 24.5. The normalized spacial score (nSPS) is 12.2. The van der Waals surface area contributed by atoms with Crippen molar-refractivity contribution in [3.8, 4) is 44.6 Å². The molecule has 15 rings (SSSR count). The summed E-state index contributed by atoms with van der Waals surface area (Å²) in [7, 11) is 0. The Morgan fingerprint density at radius 1 is 0.313 bits per heavy atom. The van der Waals surface area contributed by atoms with Gasteiger partial charge in [0.2, 0.25) is 0 Å². The van der Waals surface area contributed by atoms with Crippen molar-refractivity contribution >= 4 is 123 Å². The predicted molar refractivity (Wildman–Crippen MR) is 290 cm³/mol. The van der Waals surface area contributed by atoms with Crippen molar-refractivity contribution in [3.63, 3.8) is 0 Å². The molecule has 0 aliphatic carbocycles. The number of hydrogen-bond acceptors (Lipinski definition) is 3. The predicted octanol–water partition coefficient (Wildman–Crippen LogP) is 18.5. The molecule has 4 heterocycles. The van der Waals surface area contributed by atoms with Gasteiger partial charge in [0.1, 0.15) is 0 Å². The van der Waals surface area contributed by atoms with Gasteiger partial charge in [0.05, 0.1) is 21.4 Å². The number of nitrogens with zero attached hydrogens (tertiary/aromatic N) is 2. The van der Waals surface area contributed by atoms with E-state index in [4.69, 9.17) is 4.98 Å². The van der Waals surface area contributed by atoms with E-state index in [2.05, 4.69) is 223 Å². The number of fused-ring (bicyclic) bond motifs is 15. The zero-order valence-corrected chi connectivity index (χ0v) is 37.6. The Morgan fingerprint density at radius 3 is 1.60 bits per heavy atom. The van der Waals surface area contributed by atoms with Crippen LogP contribution in [0.15, 0.2) is 218 Å².